The van der Waals surface area contributed by atoms with Gasteiger partial charge in [-0.15, -0.1) is 0 Å². The molecule has 0 bridgehead atoms. The molecule has 0 fully saturated rings. The monoisotopic (exact) mass is 385 g/mol. The Morgan fingerprint density at radius 2 is 1.42 bits per heavy atom. The van der Waals surface area contributed by atoms with Gasteiger partial charge < -0.3 is 10.8 Å². The molecule has 0 unspecified atom stereocenters. The van der Waals surface area contributed by atoms with Crippen LogP contribution in [0.4, 0.5) is 0 Å². The van der Waals surface area contributed by atoms with Crippen LogP contribution in [-0.4, -0.2) is 66.5 Å². The quantitative estimate of drug-likeness (QED) is 0.399. The van der Waals surface area contributed by atoms with Crippen LogP contribution in [-0.2, 0) is 31.5 Å². The SMILES string of the molecule is NC(=O)Cc1cc(S(=O)(=O)O)cc2cc(S(=O)(=O)O)cc(O)c12.[NaH]. The number of phenolic OH excluding ortho intramolecular Hbond substituents is 1. The van der Waals surface area contributed by atoms with Crippen molar-refractivity contribution in [3.05, 3.63) is 29.8 Å². The predicted octanol–water partition coefficient (Wildman–Crippen LogP) is -0.582. The number of carbonyl (C=O) groups is 1. The number of hydrogen-bond acceptors (Lipinski definition) is 6. The zero-order valence-corrected chi connectivity index (χ0v) is 12.9. The van der Waals surface area contributed by atoms with Crippen molar-refractivity contribution in [3.63, 3.8) is 0 Å². The molecule has 0 atom stereocenters. The van der Waals surface area contributed by atoms with Crippen molar-refractivity contribution >= 4 is 66.5 Å². The molecule has 0 aliphatic carbocycles. The fraction of sp³-hybridized carbons (Fsp3) is 0.0833. The van der Waals surface area contributed by atoms with Crippen LogP contribution in [0.3, 0.4) is 0 Å². The number of benzene rings is 2. The van der Waals surface area contributed by atoms with E-state index in [-0.39, 0.29) is 45.9 Å². The fourth-order valence-corrected chi connectivity index (χ4v) is 3.25. The van der Waals surface area contributed by atoms with Gasteiger partial charge in [-0.3, -0.25) is 13.9 Å². The molecule has 2 aromatic carbocycles. The van der Waals surface area contributed by atoms with E-state index in [0.717, 1.165) is 24.3 Å². The molecule has 0 aliphatic heterocycles. The first-order valence-corrected chi connectivity index (χ1v) is 8.80. The molecule has 9 nitrogen and oxygen atoms in total. The summed E-state index contributed by atoms with van der Waals surface area (Å²) >= 11 is 0. The van der Waals surface area contributed by atoms with Crippen molar-refractivity contribution in [2.45, 2.75) is 16.2 Å². The summed E-state index contributed by atoms with van der Waals surface area (Å²) in [4.78, 5) is 9.81. The van der Waals surface area contributed by atoms with Gasteiger partial charge in [0.15, 0.2) is 0 Å². The molecule has 126 valence electrons. The van der Waals surface area contributed by atoms with Crippen LogP contribution in [0.5, 0.6) is 5.75 Å². The van der Waals surface area contributed by atoms with Gasteiger partial charge in [0.05, 0.1) is 16.2 Å². The minimum absolute atomic E-state index is 0. The second kappa shape index (κ2) is 6.96. The van der Waals surface area contributed by atoms with Crippen molar-refractivity contribution in [1.29, 1.82) is 0 Å². The van der Waals surface area contributed by atoms with Gasteiger partial charge >= 0.3 is 29.6 Å². The summed E-state index contributed by atoms with van der Waals surface area (Å²) < 4.78 is 63.1. The van der Waals surface area contributed by atoms with Crippen molar-refractivity contribution in [1.82, 2.24) is 0 Å². The van der Waals surface area contributed by atoms with E-state index in [1.54, 1.807) is 0 Å². The summed E-state index contributed by atoms with van der Waals surface area (Å²) in [7, 11) is -9.32. The predicted molar refractivity (Wildman–Crippen MR) is 85.3 cm³/mol. The van der Waals surface area contributed by atoms with E-state index >= 15 is 0 Å². The third kappa shape index (κ3) is 4.45. The molecule has 0 heterocycles. The van der Waals surface area contributed by atoms with E-state index in [4.69, 9.17) is 14.8 Å². The van der Waals surface area contributed by atoms with Gasteiger partial charge in [-0.2, -0.15) is 16.8 Å². The summed E-state index contributed by atoms with van der Waals surface area (Å²) in [6.45, 7) is 0. The van der Waals surface area contributed by atoms with Gasteiger partial charge in [-0.1, -0.05) is 0 Å². The molecule has 0 saturated heterocycles. The maximum absolute atomic E-state index is 11.3. The molecule has 2 rings (SSSR count). The topological polar surface area (TPSA) is 172 Å². The molecule has 2 aromatic rings. The molecule has 0 aliphatic rings. The van der Waals surface area contributed by atoms with Gasteiger partial charge in [0, 0.05) is 11.5 Å². The average molecular weight is 385 g/mol. The molecule has 0 saturated carbocycles. The number of fused-ring (bicyclic) bond motifs is 1. The van der Waals surface area contributed by atoms with E-state index < -0.39 is 48.1 Å². The van der Waals surface area contributed by atoms with Gasteiger partial charge in [0.25, 0.3) is 20.2 Å². The van der Waals surface area contributed by atoms with E-state index in [1.807, 2.05) is 0 Å². The third-order valence-electron chi connectivity index (χ3n) is 3.02. The van der Waals surface area contributed by atoms with Crippen LogP contribution in [0.1, 0.15) is 5.56 Å². The first-order valence-electron chi connectivity index (χ1n) is 5.92. The Morgan fingerprint density at radius 3 is 1.83 bits per heavy atom. The second-order valence-corrected chi connectivity index (χ2v) is 7.56. The summed E-state index contributed by atoms with van der Waals surface area (Å²) in [5.74, 6) is -1.44. The Labute approximate surface area is 159 Å². The number of nitrogens with two attached hydrogens (primary N) is 1. The Bertz CT molecular complexity index is 1030. The number of carbonyl (C=O) groups excluding carboxylic acids is 1. The summed E-state index contributed by atoms with van der Waals surface area (Å²) in [5, 5.41) is 9.82. The van der Waals surface area contributed by atoms with E-state index in [9.17, 15) is 26.7 Å². The number of hydrogen-bond donors (Lipinski definition) is 4. The number of primary amides is 1. The Balaban J connectivity index is 0.00000288. The van der Waals surface area contributed by atoms with Crippen molar-refractivity contribution in [2.75, 3.05) is 0 Å². The normalized spacial score (nSPS) is 11.9. The van der Waals surface area contributed by atoms with Crippen LogP contribution < -0.4 is 5.73 Å². The van der Waals surface area contributed by atoms with Crippen molar-refractivity contribution < 1.29 is 35.8 Å². The van der Waals surface area contributed by atoms with Gasteiger partial charge in [0.1, 0.15) is 5.75 Å². The van der Waals surface area contributed by atoms with E-state index in [0.29, 0.717) is 0 Å². The van der Waals surface area contributed by atoms with Crippen LogP contribution in [0, 0.1) is 0 Å². The number of phenols is 1. The van der Waals surface area contributed by atoms with Gasteiger partial charge in [0.2, 0.25) is 5.91 Å². The fourth-order valence-electron chi connectivity index (χ4n) is 2.15. The van der Waals surface area contributed by atoms with E-state index in [2.05, 4.69) is 0 Å². The molecule has 0 radical (unpaired) electrons. The molecule has 0 aromatic heterocycles. The van der Waals surface area contributed by atoms with Crippen LogP contribution >= 0.6 is 0 Å². The van der Waals surface area contributed by atoms with Crippen molar-refractivity contribution in [2.24, 2.45) is 5.73 Å². The van der Waals surface area contributed by atoms with E-state index in [1.165, 1.54) is 0 Å². The second-order valence-electron chi connectivity index (χ2n) is 4.72. The molecule has 1 amide bonds. The van der Waals surface area contributed by atoms with Crippen molar-refractivity contribution in [3.8, 4) is 5.75 Å². The molecular weight excluding hydrogens is 373 g/mol. The molecule has 12 heteroatoms. The average Bonchev–Trinajstić information content (AvgIpc) is 2.34. The first-order chi connectivity index (χ1) is 10.4. The maximum atomic E-state index is 11.3. The summed E-state index contributed by atoms with van der Waals surface area (Å²) in [5.41, 5.74) is 5.03. The molecule has 24 heavy (non-hydrogen) atoms. The number of amides is 1. The Hall–Kier alpha value is -1.21. The number of rotatable bonds is 4. The third-order valence-corrected chi connectivity index (χ3v) is 4.68. The van der Waals surface area contributed by atoms with Gasteiger partial charge in [-0.05, 0) is 29.1 Å². The molecule has 0 spiro atoms. The minimum atomic E-state index is -4.66. The zero-order valence-electron chi connectivity index (χ0n) is 11.3. The van der Waals surface area contributed by atoms with Crippen LogP contribution in [0.15, 0.2) is 34.1 Å². The zero-order chi connectivity index (χ0) is 17.6. The van der Waals surface area contributed by atoms with Gasteiger partial charge in [-0.25, -0.2) is 0 Å². The molecule has 5 N–H and O–H groups in total. The Morgan fingerprint density at radius 1 is 0.958 bits per heavy atom. The standard InChI is InChI=1S/C12H11NO8S2.Na.H/c13-11(15)4-7-3-8(22(16,17)18)1-6-2-9(23(19,20)21)5-10(14)12(6)7;;/h1-3,5,14H,4H2,(H2,13,15)(H,16,17,18)(H,19,20,21);;. The van der Waals surface area contributed by atoms with Crippen LogP contribution in [0.25, 0.3) is 10.8 Å². The summed E-state index contributed by atoms with van der Waals surface area (Å²) in [6, 6.07) is 3.47. The Kier molecular flexibility index (Phi) is 6.04. The van der Waals surface area contributed by atoms with Crippen LogP contribution in [0.2, 0.25) is 0 Å². The first kappa shape index (κ1) is 20.8. The molecular formula is C12H12NNaO8S2. The number of aromatic hydroxyl groups is 1. The summed E-state index contributed by atoms with van der Waals surface area (Å²) in [6.07, 6.45) is -0.460.